The van der Waals surface area contributed by atoms with E-state index in [9.17, 15) is 33.9 Å². The summed E-state index contributed by atoms with van der Waals surface area (Å²) in [6.45, 7) is 6.36. The lowest BCUT2D eigenvalue weighted by Crippen LogP contribution is -2.41. The molecule has 0 fully saturated rings. The number of hydrogen-bond acceptors (Lipinski definition) is 13. The van der Waals surface area contributed by atoms with E-state index >= 15 is 0 Å². The topological polar surface area (TPSA) is 256 Å². The summed E-state index contributed by atoms with van der Waals surface area (Å²) in [7, 11) is 0. The third-order valence-corrected chi connectivity index (χ3v) is 10.1. The molecule has 3 amide bonds. The summed E-state index contributed by atoms with van der Waals surface area (Å²) in [4.78, 5) is 70.5. The third kappa shape index (κ3) is 37.2. The lowest BCUT2D eigenvalue weighted by atomic mass is 10.0. The summed E-state index contributed by atoms with van der Waals surface area (Å²) in [6.07, 6.45) is 19.5. The molecule has 0 bridgehead atoms. The van der Waals surface area contributed by atoms with Crippen molar-refractivity contribution in [1.82, 2.24) is 30.9 Å². The fourth-order valence-corrected chi connectivity index (χ4v) is 6.41. The minimum atomic E-state index is -1.18. The molecule has 64 heavy (non-hydrogen) atoms. The van der Waals surface area contributed by atoms with Crippen molar-refractivity contribution < 1.29 is 62.7 Å². The molecule has 0 aliphatic rings. The van der Waals surface area contributed by atoms with Gasteiger partial charge >= 0.3 is 18.0 Å². The van der Waals surface area contributed by atoms with Gasteiger partial charge in [-0.15, -0.1) is 5.10 Å². The van der Waals surface area contributed by atoms with Crippen molar-refractivity contribution in [1.29, 1.82) is 0 Å². The zero-order valence-corrected chi connectivity index (χ0v) is 38.6. The second kappa shape index (κ2) is 41.5. The number of ketones is 1. The van der Waals surface area contributed by atoms with Gasteiger partial charge in [-0.05, 0) is 38.5 Å². The van der Waals surface area contributed by atoms with Crippen molar-refractivity contribution in [2.24, 2.45) is 0 Å². The number of hydrogen-bond donors (Lipinski definition) is 5. The molecule has 0 aromatic carbocycles. The van der Waals surface area contributed by atoms with Gasteiger partial charge in [0.05, 0.1) is 45.3 Å². The number of aryl methyl sites for hydroxylation is 1. The number of aliphatic carboxylic acids is 2. The first-order valence-electron chi connectivity index (χ1n) is 23.7. The van der Waals surface area contributed by atoms with E-state index in [1.165, 1.54) is 19.3 Å². The predicted octanol–water partition coefficient (Wildman–Crippen LogP) is 5.55. The Labute approximate surface area is 380 Å². The number of amides is 3. The van der Waals surface area contributed by atoms with E-state index in [0.717, 1.165) is 82.7 Å². The van der Waals surface area contributed by atoms with Crippen molar-refractivity contribution in [3.8, 4) is 0 Å². The molecule has 1 atom stereocenters. The standard InChI is InChI=1S/C45H80N6O13/c1-2-3-16-25-47-45(59)64-30-24-38-36-51(50-49-38)27-18-29-61-33-32-60-28-17-19-39(52)37-63-35-34-62-31-26-46-41(53)23-22-40(44(57)58)48-42(54)20-14-12-10-8-6-4-5-7-9-11-13-15-21-43(55)56/h36,40H,2-35,37H2,1H3,(H,46,53)(H,47,59)(H,48,54)(H,55,56)(H,57,58). The Balaban J connectivity index is 1.91. The fraction of sp³-hybridized carbons (Fsp3) is 0.822. The molecular formula is C45H80N6O13. The van der Waals surface area contributed by atoms with Gasteiger partial charge in [0.1, 0.15) is 12.6 Å². The van der Waals surface area contributed by atoms with Gasteiger partial charge in [-0.2, -0.15) is 0 Å². The zero-order valence-electron chi connectivity index (χ0n) is 38.6. The fourth-order valence-electron chi connectivity index (χ4n) is 6.41. The molecule has 0 saturated carbocycles. The lowest BCUT2D eigenvalue weighted by Gasteiger charge is -2.14. The van der Waals surface area contributed by atoms with Crippen LogP contribution in [0.4, 0.5) is 4.79 Å². The number of Topliss-reactive ketones (excluding diaryl/α,β-unsaturated/α-hetero) is 1. The highest BCUT2D eigenvalue weighted by atomic mass is 16.5. The lowest BCUT2D eigenvalue weighted by molar-refractivity contribution is -0.142. The Morgan fingerprint density at radius 1 is 0.609 bits per heavy atom. The van der Waals surface area contributed by atoms with Crippen molar-refractivity contribution in [2.75, 3.05) is 72.6 Å². The van der Waals surface area contributed by atoms with Gasteiger partial charge in [0, 0.05) is 71.1 Å². The maximum atomic E-state index is 12.3. The monoisotopic (exact) mass is 913 g/mol. The summed E-state index contributed by atoms with van der Waals surface area (Å²) in [6, 6.07) is -1.13. The maximum absolute atomic E-state index is 12.3. The minimum Gasteiger partial charge on any atom is -0.481 e. The van der Waals surface area contributed by atoms with E-state index in [4.69, 9.17) is 28.8 Å². The van der Waals surface area contributed by atoms with Crippen LogP contribution in [0.25, 0.3) is 0 Å². The molecule has 19 nitrogen and oxygen atoms in total. The first-order valence-corrected chi connectivity index (χ1v) is 23.7. The number of aromatic nitrogens is 3. The number of carbonyl (C=O) groups is 6. The molecule has 0 aliphatic heterocycles. The van der Waals surface area contributed by atoms with E-state index in [0.29, 0.717) is 65.2 Å². The molecule has 0 spiro atoms. The average Bonchev–Trinajstić information content (AvgIpc) is 3.72. The van der Waals surface area contributed by atoms with Crippen molar-refractivity contribution in [3.05, 3.63) is 11.9 Å². The van der Waals surface area contributed by atoms with Crippen LogP contribution in [-0.2, 0) is 60.6 Å². The van der Waals surface area contributed by atoms with Gasteiger partial charge in [-0.3, -0.25) is 23.9 Å². The number of nitrogens with zero attached hydrogens (tertiary/aromatic N) is 3. The van der Waals surface area contributed by atoms with Crippen molar-refractivity contribution >= 4 is 35.6 Å². The van der Waals surface area contributed by atoms with Crippen LogP contribution in [0, 0.1) is 0 Å². The maximum Gasteiger partial charge on any atom is 0.407 e. The second-order valence-corrected chi connectivity index (χ2v) is 15.9. The summed E-state index contributed by atoms with van der Waals surface area (Å²) in [5, 5.41) is 34.3. The average molecular weight is 913 g/mol. The molecule has 5 N–H and O–H groups in total. The van der Waals surface area contributed by atoms with Gasteiger partial charge in [0.25, 0.3) is 0 Å². The zero-order chi connectivity index (χ0) is 46.7. The number of ether oxygens (including phenoxy) is 5. The smallest absolute Gasteiger partial charge is 0.407 e. The van der Waals surface area contributed by atoms with Crippen LogP contribution < -0.4 is 16.0 Å². The van der Waals surface area contributed by atoms with Crippen LogP contribution in [0.1, 0.15) is 154 Å². The van der Waals surface area contributed by atoms with Gasteiger partial charge in [-0.25, -0.2) is 9.59 Å². The molecular weight excluding hydrogens is 833 g/mol. The predicted molar refractivity (Wildman–Crippen MR) is 239 cm³/mol. The van der Waals surface area contributed by atoms with Gasteiger partial charge in [0.15, 0.2) is 5.78 Å². The second-order valence-electron chi connectivity index (χ2n) is 15.9. The number of carboxylic acids is 2. The summed E-state index contributed by atoms with van der Waals surface area (Å²) >= 11 is 0. The quantitative estimate of drug-likeness (QED) is 0.0503. The van der Waals surface area contributed by atoms with Crippen LogP contribution in [0.2, 0.25) is 0 Å². The highest BCUT2D eigenvalue weighted by Crippen LogP contribution is 2.13. The molecule has 1 unspecified atom stereocenters. The normalized spacial score (nSPS) is 11.6. The number of nitrogens with one attached hydrogen (secondary N) is 3. The number of carbonyl (C=O) groups excluding carboxylic acids is 4. The van der Waals surface area contributed by atoms with E-state index in [-0.39, 0.29) is 82.9 Å². The number of carboxylic acid groups (broad SMARTS) is 2. The molecule has 1 heterocycles. The first-order chi connectivity index (χ1) is 31.1. The molecule has 1 aromatic rings. The molecule has 0 aliphatic carbocycles. The van der Waals surface area contributed by atoms with Crippen LogP contribution in [0.3, 0.4) is 0 Å². The minimum absolute atomic E-state index is 0.0189. The Morgan fingerprint density at radius 2 is 1.22 bits per heavy atom. The van der Waals surface area contributed by atoms with Crippen LogP contribution in [0.5, 0.6) is 0 Å². The highest BCUT2D eigenvalue weighted by Gasteiger charge is 2.21. The van der Waals surface area contributed by atoms with Crippen molar-refractivity contribution in [3.63, 3.8) is 0 Å². The van der Waals surface area contributed by atoms with E-state index in [2.05, 4.69) is 33.2 Å². The van der Waals surface area contributed by atoms with E-state index in [1.807, 2.05) is 6.20 Å². The highest BCUT2D eigenvalue weighted by molar-refractivity contribution is 5.84. The van der Waals surface area contributed by atoms with Gasteiger partial charge in [0.2, 0.25) is 11.8 Å². The summed E-state index contributed by atoms with van der Waals surface area (Å²) in [5.41, 5.74) is 0.754. The Morgan fingerprint density at radius 3 is 1.86 bits per heavy atom. The molecule has 0 radical (unpaired) electrons. The van der Waals surface area contributed by atoms with E-state index < -0.39 is 24.1 Å². The SMILES string of the molecule is CCCCCNC(=O)OCCc1cn(CCCOCCOCCCC(=O)COCCOCCNC(=O)CCC(NC(=O)CCCCCCCCCCCCCCC(=O)O)C(=O)O)nn1. The van der Waals surface area contributed by atoms with Crippen LogP contribution in [-0.4, -0.2) is 139 Å². The third-order valence-electron chi connectivity index (χ3n) is 10.1. The summed E-state index contributed by atoms with van der Waals surface area (Å²) < 4.78 is 28.9. The number of alkyl carbamates (subject to hydrolysis) is 1. The van der Waals surface area contributed by atoms with E-state index in [1.54, 1.807) is 4.68 Å². The van der Waals surface area contributed by atoms with Crippen LogP contribution >= 0.6 is 0 Å². The molecule has 1 rings (SSSR count). The van der Waals surface area contributed by atoms with Crippen LogP contribution in [0.15, 0.2) is 6.20 Å². The number of rotatable bonds is 46. The Hall–Kier alpha value is -4.20. The molecule has 19 heteroatoms. The van der Waals surface area contributed by atoms with Crippen molar-refractivity contribution in [2.45, 2.75) is 167 Å². The van der Waals surface area contributed by atoms with Gasteiger partial charge < -0.3 is 49.8 Å². The largest absolute Gasteiger partial charge is 0.481 e. The number of unbranched alkanes of at least 4 members (excludes halogenated alkanes) is 13. The molecule has 1 aromatic heterocycles. The molecule has 368 valence electrons. The Kier molecular flexibility index (Phi) is 37.5. The Bertz CT molecular complexity index is 1380. The summed E-state index contributed by atoms with van der Waals surface area (Å²) in [5.74, 6) is -2.61. The van der Waals surface area contributed by atoms with Gasteiger partial charge in [-0.1, -0.05) is 89.2 Å². The molecule has 0 saturated heterocycles. The first kappa shape index (κ1) is 57.8.